The van der Waals surface area contributed by atoms with Crippen LogP contribution in [-0.2, 0) is 6.54 Å². The Morgan fingerprint density at radius 1 is 1.15 bits per heavy atom. The van der Waals surface area contributed by atoms with Gasteiger partial charge in [-0.1, -0.05) is 24.3 Å². The molecule has 0 aliphatic rings. The van der Waals surface area contributed by atoms with E-state index in [2.05, 4.69) is 16.5 Å². The SMILES string of the molecule is CCn1c(C(N)c2ccc(F)cc2)nc2ccccc21. The minimum absolute atomic E-state index is 0.259. The van der Waals surface area contributed by atoms with Crippen molar-refractivity contribution in [2.24, 2.45) is 5.73 Å². The van der Waals surface area contributed by atoms with Gasteiger partial charge >= 0.3 is 0 Å². The monoisotopic (exact) mass is 269 g/mol. The predicted octanol–water partition coefficient (Wildman–Crippen LogP) is 3.24. The first-order valence-electron chi connectivity index (χ1n) is 6.67. The highest BCUT2D eigenvalue weighted by molar-refractivity contribution is 5.76. The Morgan fingerprint density at radius 3 is 2.55 bits per heavy atom. The second-order valence-corrected chi connectivity index (χ2v) is 4.73. The molecule has 3 nitrogen and oxygen atoms in total. The molecule has 0 saturated heterocycles. The zero-order valence-electron chi connectivity index (χ0n) is 11.3. The molecule has 0 bridgehead atoms. The van der Waals surface area contributed by atoms with Crippen molar-refractivity contribution in [3.8, 4) is 0 Å². The molecule has 2 aromatic carbocycles. The molecule has 1 aromatic heterocycles. The van der Waals surface area contributed by atoms with Gasteiger partial charge in [0.15, 0.2) is 0 Å². The first-order valence-corrected chi connectivity index (χ1v) is 6.67. The van der Waals surface area contributed by atoms with E-state index in [-0.39, 0.29) is 11.9 Å². The van der Waals surface area contributed by atoms with Crippen molar-refractivity contribution in [1.29, 1.82) is 0 Å². The highest BCUT2D eigenvalue weighted by atomic mass is 19.1. The molecular formula is C16H16FN3. The van der Waals surface area contributed by atoms with Gasteiger partial charge < -0.3 is 10.3 Å². The van der Waals surface area contributed by atoms with E-state index in [1.165, 1.54) is 12.1 Å². The zero-order valence-corrected chi connectivity index (χ0v) is 11.3. The van der Waals surface area contributed by atoms with Crippen LogP contribution in [0.3, 0.4) is 0 Å². The standard InChI is InChI=1S/C16H16FN3/c1-2-20-14-6-4-3-5-13(14)19-16(20)15(18)11-7-9-12(17)10-8-11/h3-10,15H,2,18H2,1H3. The molecule has 102 valence electrons. The summed E-state index contributed by atoms with van der Waals surface area (Å²) < 4.78 is 15.1. The predicted molar refractivity (Wildman–Crippen MR) is 77.8 cm³/mol. The van der Waals surface area contributed by atoms with Gasteiger partial charge in [-0.25, -0.2) is 9.37 Å². The number of hydrogen-bond acceptors (Lipinski definition) is 2. The van der Waals surface area contributed by atoms with Gasteiger partial charge in [-0.3, -0.25) is 0 Å². The Balaban J connectivity index is 2.11. The van der Waals surface area contributed by atoms with Crippen LogP contribution in [0.2, 0.25) is 0 Å². The quantitative estimate of drug-likeness (QED) is 0.793. The van der Waals surface area contributed by atoms with Gasteiger partial charge in [-0.05, 0) is 36.8 Å². The van der Waals surface area contributed by atoms with Crippen LogP contribution in [0.5, 0.6) is 0 Å². The summed E-state index contributed by atoms with van der Waals surface area (Å²) in [6.07, 6.45) is 0. The van der Waals surface area contributed by atoms with Crippen LogP contribution in [0.15, 0.2) is 48.5 Å². The molecule has 0 spiro atoms. The molecule has 3 rings (SSSR count). The number of nitrogens with two attached hydrogens (primary N) is 1. The summed E-state index contributed by atoms with van der Waals surface area (Å²) in [7, 11) is 0. The molecule has 1 heterocycles. The maximum atomic E-state index is 13.0. The Hall–Kier alpha value is -2.20. The van der Waals surface area contributed by atoms with E-state index >= 15 is 0 Å². The summed E-state index contributed by atoms with van der Waals surface area (Å²) in [5, 5.41) is 0. The summed E-state index contributed by atoms with van der Waals surface area (Å²) in [6.45, 7) is 2.86. The Kier molecular flexibility index (Phi) is 3.24. The molecule has 1 unspecified atom stereocenters. The lowest BCUT2D eigenvalue weighted by atomic mass is 10.1. The third-order valence-corrected chi connectivity index (χ3v) is 3.51. The van der Waals surface area contributed by atoms with Crippen LogP contribution in [0.1, 0.15) is 24.4 Å². The Bertz CT molecular complexity index is 731. The number of para-hydroxylation sites is 2. The lowest BCUT2D eigenvalue weighted by molar-refractivity contribution is 0.624. The van der Waals surface area contributed by atoms with E-state index in [9.17, 15) is 4.39 Å². The third kappa shape index (κ3) is 2.08. The number of halogens is 1. The minimum Gasteiger partial charge on any atom is -0.327 e. The molecule has 0 aliphatic heterocycles. The van der Waals surface area contributed by atoms with Gasteiger partial charge in [0.1, 0.15) is 11.6 Å². The molecule has 0 radical (unpaired) electrons. The number of hydrogen-bond donors (Lipinski definition) is 1. The summed E-state index contributed by atoms with van der Waals surface area (Å²) in [5.74, 6) is 0.547. The molecule has 20 heavy (non-hydrogen) atoms. The molecule has 0 aliphatic carbocycles. The molecular weight excluding hydrogens is 253 g/mol. The fourth-order valence-electron chi connectivity index (χ4n) is 2.48. The van der Waals surface area contributed by atoms with E-state index in [0.717, 1.165) is 29.0 Å². The van der Waals surface area contributed by atoms with E-state index in [0.29, 0.717) is 0 Å². The van der Waals surface area contributed by atoms with Crippen LogP contribution in [-0.4, -0.2) is 9.55 Å². The topological polar surface area (TPSA) is 43.8 Å². The first kappa shape index (κ1) is 12.8. The minimum atomic E-state index is -0.358. The van der Waals surface area contributed by atoms with Gasteiger partial charge in [-0.2, -0.15) is 0 Å². The van der Waals surface area contributed by atoms with E-state index in [1.54, 1.807) is 12.1 Å². The smallest absolute Gasteiger partial charge is 0.131 e. The van der Waals surface area contributed by atoms with Crippen molar-refractivity contribution in [1.82, 2.24) is 9.55 Å². The van der Waals surface area contributed by atoms with Crippen LogP contribution >= 0.6 is 0 Å². The first-order chi connectivity index (χ1) is 9.70. The molecule has 1 atom stereocenters. The number of benzene rings is 2. The van der Waals surface area contributed by atoms with Gasteiger partial charge in [-0.15, -0.1) is 0 Å². The summed E-state index contributed by atoms with van der Waals surface area (Å²) in [6, 6.07) is 13.9. The van der Waals surface area contributed by atoms with Gasteiger partial charge in [0.05, 0.1) is 17.1 Å². The lowest BCUT2D eigenvalue weighted by Crippen LogP contribution is -2.17. The van der Waals surface area contributed by atoms with Gasteiger partial charge in [0, 0.05) is 6.54 Å². The van der Waals surface area contributed by atoms with Crippen LogP contribution in [0.25, 0.3) is 11.0 Å². The molecule has 0 amide bonds. The fraction of sp³-hybridized carbons (Fsp3) is 0.188. The number of aromatic nitrogens is 2. The van der Waals surface area contributed by atoms with Crippen molar-refractivity contribution in [2.45, 2.75) is 19.5 Å². The van der Waals surface area contributed by atoms with Crippen molar-refractivity contribution < 1.29 is 4.39 Å². The Labute approximate surface area is 116 Å². The average Bonchev–Trinajstić information content (AvgIpc) is 2.85. The maximum absolute atomic E-state index is 13.0. The number of fused-ring (bicyclic) bond motifs is 1. The average molecular weight is 269 g/mol. The largest absolute Gasteiger partial charge is 0.327 e. The second-order valence-electron chi connectivity index (χ2n) is 4.73. The second kappa shape index (κ2) is 5.06. The van der Waals surface area contributed by atoms with Crippen LogP contribution in [0, 0.1) is 5.82 Å². The third-order valence-electron chi connectivity index (χ3n) is 3.51. The molecule has 0 fully saturated rings. The van der Waals surface area contributed by atoms with Crippen LogP contribution in [0.4, 0.5) is 4.39 Å². The summed E-state index contributed by atoms with van der Waals surface area (Å²) in [5.41, 5.74) is 9.16. The normalized spacial score (nSPS) is 12.8. The number of rotatable bonds is 3. The van der Waals surface area contributed by atoms with Gasteiger partial charge in [0.25, 0.3) is 0 Å². The number of aryl methyl sites for hydroxylation is 1. The van der Waals surface area contributed by atoms with Crippen molar-refractivity contribution in [2.75, 3.05) is 0 Å². The van der Waals surface area contributed by atoms with E-state index in [1.807, 2.05) is 24.3 Å². The maximum Gasteiger partial charge on any atom is 0.131 e. The molecule has 2 N–H and O–H groups in total. The molecule has 3 aromatic rings. The molecule has 0 saturated carbocycles. The van der Waals surface area contributed by atoms with Crippen molar-refractivity contribution >= 4 is 11.0 Å². The van der Waals surface area contributed by atoms with Crippen molar-refractivity contribution in [3.63, 3.8) is 0 Å². The van der Waals surface area contributed by atoms with Crippen LogP contribution < -0.4 is 5.73 Å². The molecule has 4 heteroatoms. The Morgan fingerprint density at radius 2 is 1.85 bits per heavy atom. The highest BCUT2D eigenvalue weighted by Gasteiger charge is 2.17. The van der Waals surface area contributed by atoms with E-state index < -0.39 is 0 Å². The lowest BCUT2D eigenvalue weighted by Gasteiger charge is -2.13. The highest BCUT2D eigenvalue weighted by Crippen LogP contribution is 2.24. The van der Waals surface area contributed by atoms with Crippen molar-refractivity contribution in [3.05, 3.63) is 65.7 Å². The van der Waals surface area contributed by atoms with E-state index in [4.69, 9.17) is 5.73 Å². The van der Waals surface area contributed by atoms with Gasteiger partial charge in [0.2, 0.25) is 0 Å². The number of imidazole rings is 1. The summed E-state index contributed by atoms with van der Waals surface area (Å²) in [4.78, 5) is 4.63. The number of nitrogens with zero attached hydrogens (tertiary/aromatic N) is 2. The fourth-order valence-corrected chi connectivity index (χ4v) is 2.48. The summed E-state index contributed by atoms with van der Waals surface area (Å²) >= 11 is 0. The zero-order chi connectivity index (χ0) is 14.1.